The lowest BCUT2D eigenvalue weighted by molar-refractivity contribution is -0.117. The molecule has 126 valence electrons. The van der Waals surface area contributed by atoms with E-state index in [0.29, 0.717) is 6.42 Å². The maximum absolute atomic E-state index is 12.3. The molecule has 1 amide bonds. The second-order valence-corrected chi connectivity index (χ2v) is 6.47. The largest absolute Gasteiger partial charge is 0.344 e. The Labute approximate surface area is 151 Å². The summed E-state index contributed by atoms with van der Waals surface area (Å²) in [6.45, 7) is 2.06. The number of nitrogens with one attached hydrogen (secondary N) is 1. The average molecular weight is 349 g/mol. The minimum absolute atomic E-state index is 0.157. The summed E-state index contributed by atoms with van der Waals surface area (Å²) >= 11 is 1.50. The minimum Gasteiger partial charge on any atom is -0.344 e. The van der Waals surface area contributed by atoms with Gasteiger partial charge in [0.15, 0.2) is 0 Å². The molecule has 0 fully saturated rings. The van der Waals surface area contributed by atoms with Crippen LogP contribution in [0.2, 0.25) is 0 Å². The van der Waals surface area contributed by atoms with Gasteiger partial charge in [-0.15, -0.1) is 11.3 Å². The van der Waals surface area contributed by atoms with Crippen molar-refractivity contribution >= 4 is 23.3 Å². The van der Waals surface area contributed by atoms with Gasteiger partial charge in [0.25, 0.3) is 0 Å². The van der Waals surface area contributed by atoms with E-state index in [2.05, 4.69) is 46.5 Å². The van der Waals surface area contributed by atoms with Crippen molar-refractivity contribution in [2.45, 2.75) is 19.4 Å². The molecular formula is C20H19N3OS. The monoisotopic (exact) mass is 349 g/mol. The third-order valence-electron chi connectivity index (χ3n) is 3.78. The maximum Gasteiger partial charge on any atom is 0.244 e. The second-order valence-electron chi connectivity index (χ2n) is 5.75. The van der Waals surface area contributed by atoms with Crippen molar-refractivity contribution in [1.82, 2.24) is 15.3 Å². The van der Waals surface area contributed by atoms with Crippen LogP contribution in [0.15, 0.2) is 65.6 Å². The summed E-state index contributed by atoms with van der Waals surface area (Å²) in [5.41, 5.74) is 5.75. The van der Waals surface area contributed by atoms with Crippen molar-refractivity contribution in [3.63, 3.8) is 0 Å². The van der Waals surface area contributed by atoms with Gasteiger partial charge in [0.2, 0.25) is 5.91 Å². The molecule has 5 heteroatoms. The first-order chi connectivity index (χ1) is 12.2. The van der Waals surface area contributed by atoms with E-state index in [4.69, 9.17) is 0 Å². The van der Waals surface area contributed by atoms with Crippen molar-refractivity contribution in [3.05, 3.63) is 88.1 Å². The van der Waals surface area contributed by atoms with Gasteiger partial charge in [-0.25, -0.2) is 4.98 Å². The smallest absolute Gasteiger partial charge is 0.244 e. The fraction of sp³-hybridized carbons (Fsp3) is 0.150. The third kappa shape index (κ3) is 5.09. The molecule has 0 aliphatic carbocycles. The van der Waals surface area contributed by atoms with Gasteiger partial charge in [0.1, 0.15) is 0 Å². The number of aryl methyl sites for hydroxylation is 1. The zero-order valence-electron chi connectivity index (χ0n) is 13.9. The first-order valence-corrected chi connectivity index (χ1v) is 8.98. The van der Waals surface area contributed by atoms with Crippen LogP contribution in [0.25, 0.3) is 6.08 Å². The van der Waals surface area contributed by atoms with Crippen LogP contribution in [-0.2, 0) is 11.2 Å². The fourth-order valence-electron chi connectivity index (χ4n) is 2.46. The molecule has 0 aliphatic rings. The van der Waals surface area contributed by atoms with Gasteiger partial charge in [0, 0.05) is 17.7 Å². The number of thiazole rings is 1. The molecule has 4 nitrogen and oxygen atoms in total. The van der Waals surface area contributed by atoms with Crippen LogP contribution in [0.5, 0.6) is 0 Å². The third-order valence-corrected chi connectivity index (χ3v) is 4.38. The summed E-state index contributed by atoms with van der Waals surface area (Å²) in [6, 6.07) is 13.9. The first-order valence-electron chi connectivity index (χ1n) is 8.04. The summed E-state index contributed by atoms with van der Waals surface area (Å²) in [5, 5.41) is 4.94. The van der Waals surface area contributed by atoms with Gasteiger partial charge in [-0.2, -0.15) is 0 Å². The highest BCUT2D eigenvalue weighted by Gasteiger charge is 2.15. The number of carbonyl (C=O) groups excluding carboxylic acids is 1. The number of carbonyl (C=O) groups is 1. The van der Waals surface area contributed by atoms with Gasteiger partial charge in [-0.1, -0.05) is 35.9 Å². The molecule has 1 N–H and O–H groups in total. The zero-order chi connectivity index (χ0) is 17.5. The molecular weight excluding hydrogens is 330 g/mol. The number of benzene rings is 1. The van der Waals surface area contributed by atoms with Crippen LogP contribution in [0.1, 0.15) is 28.6 Å². The van der Waals surface area contributed by atoms with E-state index in [1.807, 2.05) is 23.6 Å². The maximum atomic E-state index is 12.3. The summed E-state index contributed by atoms with van der Waals surface area (Å²) in [7, 11) is 0. The molecule has 0 bridgehead atoms. The predicted octanol–water partition coefficient (Wildman–Crippen LogP) is 3.96. The number of hydrogen-bond acceptors (Lipinski definition) is 4. The lowest BCUT2D eigenvalue weighted by atomic mass is 10.0. The van der Waals surface area contributed by atoms with Crippen molar-refractivity contribution in [1.29, 1.82) is 0 Å². The molecule has 0 unspecified atom stereocenters. The Morgan fingerprint density at radius 2 is 2.04 bits per heavy atom. The highest BCUT2D eigenvalue weighted by molar-refractivity contribution is 7.07. The number of rotatable bonds is 6. The molecule has 0 radical (unpaired) electrons. The highest BCUT2D eigenvalue weighted by Crippen LogP contribution is 2.17. The molecule has 25 heavy (non-hydrogen) atoms. The Morgan fingerprint density at radius 3 is 2.72 bits per heavy atom. The molecule has 0 aliphatic heterocycles. The van der Waals surface area contributed by atoms with E-state index in [9.17, 15) is 4.79 Å². The summed E-state index contributed by atoms with van der Waals surface area (Å²) in [5.74, 6) is -0.157. The summed E-state index contributed by atoms with van der Waals surface area (Å²) in [6.07, 6.45) is 5.66. The molecule has 0 spiro atoms. The minimum atomic E-state index is -0.184. The quantitative estimate of drug-likeness (QED) is 0.685. The summed E-state index contributed by atoms with van der Waals surface area (Å²) in [4.78, 5) is 20.9. The second kappa shape index (κ2) is 8.35. The Morgan fingerprint density at radius 1 is 1.20 bits per heavy atom. The number of aromatic nitrogens is 2. The van der Waals surface area contributed by atoms with Crippen LogP contribution in [-0.4, -0.2) is 15.9 Å². The van der Waals surface area contributed by atoms with Gasteiger partial charge >= 0.3 is 0 Å². The van der Waals surface area contributed by atoms with Gasteiger partial charge in [0.05, 0.1) is 22.9 Å². The molecule has 2 heterocycles. The van der Waals surface area contributed by atoms with Crippen LogP contribution >= 0.6 is 11.3 Å². The van der Waals surface area contributed by atoms with Gasteiger partial charge in [-0.3, -0.25) is 9.78 Å². The van der Waals surface area contributed by atoms with Crippen molar-refractivity contribution in [2.24, 2.45) is 0 Å². The van der Waals surface area contributed by atoms with Crippen molar-refractivity contribution in [3.8, 4) is 0 Å². The number of nitrogens with zero attached hydrogens (tertiary/aromatic N) is 2. The Hall–Kier alpha value is -2.79. The SMILES string of the molecule is Cc1ccc(C[C@@H](NC(=O)/C=C/c2cscn2)c2ccccn2)cc1. The number of amides is 1. The normalized spacial score (nSPS) is 12.2. The van der Waals surface area contributed by atoms with E-state index < -0.39 is 0 Å². The van der Waals surface area contributed by atoms with E-state index in [1.165, 1.54) is 23.0 Å². The zero-order valence-corrected chi connectivity index (χ0v) is 14.7. The Kier molecular flexibility index (Phi) is 5.69. The molecule has 0 saturated carbocycles. The van der Waals surface area contributed by atoms with Crippen LogP contribution in [0.4, 0.5) is 0 Å². The van der Waals surface area contributed by atoms with Gasteiger partial charge in [-0.05, 0) is 37.1 Å². The van der Waals surface area contributed by atoms with E-state index in [0.717, 1.165) is 17.0 Å². The fourth-order valence-corrected chi connectivity index (χ4v) is 2.98. The van der Waals surface area contributed by atoms with E-state index in [-0.39, 0.29) is 11.9 Å². The Bertz CT molecular complexity index is 827. The lowest BCUT2D eigenvalue weighted by Crippen LogP contribution is -2.29. The summed E-state index contributed by atoms with van der Waals surface area (Å²) < 4.78 is 0. The standard InChI is InChI=1S/C20H19N3OS/c1-15-5-7-16(8-6-15)12-19(18-4-2-3-11-21-18)23-20(24)10-9-17-13-25-14-22-17/h2-11,13-14,19H,12H2,1H3,(H,23,24)/b10-9+/t19-/m1/s1. The molecule has 1 atom stereocenters. The molecule has 3 aromatic rings. The van der Waals surface area contributed by atoms with Gasteiger partial charge < -0.3 is 5.32 Å². The molecule has 1 aromatic carbocycles. The average Bonchev–Trinajstić information content (AvgIpc) is 3.16. The number of hydrogen-bond donors (Lipinski definition) is 1. The highest BCUT2D eigenvalue weighted by atomic mass is 32.1. The van der Waals surface area contributed by atoms with Crippen LogP contribution < -0.4 is 5.32 Å². The molecule has 2 aromatic heterocycles. The van der Waals surface area contributed by atoms with Crippen molar-refractivity contribution in [2.75, 3.05) is 0 Å². The van der Waals surface area contributed by atoms with E-state index in [1.54, 1.807) is 17.8 Å². The topological polar surface area (TPSA) is 54.9 Å². The molecule has 3 rings (SSSR count). The van der Waals surface area contributed by atoms with E-state index >= 15 is 0 Å². The Balaban J connectivity index is 1.74. The van der Waals surface area contributed by atoms with Crippen LogP contribution in [0, 0.1) is 6.92 Å². The molecule has 0 saturated heterocycles. The number of pyridine rings is 1. The van der Waals surface area contributed by atoms with Crippen LogP contribution in [0.3, 0.4) is 0 Å². The predicted molar refractivity (Wildman–Crippen MR) is 101 cm³/mol. The first kappa shape index (κ1) is 17.0. The van der Waals surface area contributed by atoms with Crippen molar-refractivity contribution < 1.29 is 4.79 Å². The lowest BCUT2D eigenvalue weighted by Gasteiger charge is -2.17.